The number of hydrogen-bond donors (Lipinski definition) is 1. The highest BCUT2D eigenvalue weighted by Crippen LogP contribution is 2.18. The van der Waals surface area contributed by atoms with Crippen LogP contribution in [-0.4, -0.2) is 33.8 Å². The molecule has 3 rings (SSSR count). The van der Waals surface area contributed by atoms with E-state index in [1.165, 1.54) is 17.6 Å². The maximum Gasteiger partial charge on any atom is 0.420 e. The van der Waals surface area contributed by atoms with Gasteiger partial charge in [0.15, 0.2) is 16.5 Å². The van der Waals surface area contributed by atoms with Gasteiger partial charge in [0.05, 0.1) is 24.2 Å². The maximum atomic E-state index is 12.3. The average molecular weight is 403 g/mol. The lowest BCUT2D eigenvalue weighted by Gasteiger charge is -2.03. The van der Waals surface area contributed by atoms with Crippen LogP contribution in [-0.2, 0) is 27.3 Å². The molecule has 0 bridgehead atoms. The van der Waals surface area contributed by atoms with Crippen LogP contribution in [0.3, 0.4) is 0 Å². The first-order chi connectivity index (χ1) is 13.4. The second-order valence-corrected chi connectivity index (χ2v) is 6.72. The number of thiazole rings is 1. The Balaban J connectivity index is 1.71. The number of amides is 1. The minimum atomic E-state index is -0.701. The van der Waals surface area contributed by atoms with Crippen molar-refractivity contribution in [3.63, 3.8) is 0 Å². The van der Waals surface area contributed by atoms with Crippen LogP contribution in [0.1, 0.15) is 29.9 Å². The van der Waals surface area contributed by atoms with E-state index in [0.29, 0.717) is 21.9 Å². The number of rotatable bonds is 7. The van der Waals surface area contributed by atoms with Gasteiger partial charge in [-0.05, 0) is 32.0 Å². The second-order valence-electron chi connectivity index (χ2n) is 5.87. The smallest absolute Gasteiger partial charge is 0.420 e. The van der Waals surface area contributed by atoms with Crippen LogP contribution in [0.4, 0.5) is 5.13 Å². The van der Waals surface area contributed by atoms with E-state index >= 15 is 0 Å². The number of carbonyl (C=O) groups is 3. The van der Waals surface area contributed by atoms with Crippen molar-refractivity contribution in [2.45, 2.75) is 26.8 Å². The molecule has 0 atom stereocenters. The molecule has 0 aliphatic heterocycles. The molecule has 28 heavy (non-hydrogen) atoms. The highest BCUT2D eigenvalue weighted by atomic mass is 32.1. The number of fused-ring (bicyclic) bond motifs is 1. The van der Waals surface area contributed by atoms with E-state index in [1.54, 1.807) is 24.4 Å². The zero-order chi connectivity index (χ0) is 20.3. The number of Topliss-reactive ketones (excluding diaryl/α,β-unsaturated/α-hetero) is 1. The Morgan fingerprint density at radius 1 is 1.32 bits per heavy atom. The first kappa shape index (κ1) is 19.5. The molecular formula is C18H17N3O6S. The molecule has 0 aliphatic rings. The largest absolute Gasteiger partial charge is 0.466 e. The minimum Gasteiger partial charge on any atom is -0.466 e. The molecule has 0 fully saturated rings. The van der Waals surface area contributed by atoms with Crippen LogP contribution in [0.25, 0.3) is 11.1 Å². The van der Waals surface area contributed by atoms with Crippen molar-refractivity contribution in [2.75, 3.05) is 11.9 Å². The molecule has 0 saturated heterocycles. The van der Waals surface area contributed by atoms with E-state index < -0.39 is 17.6 Å². The fourth-order valence-electron chi connectivity index (χ4n) is 2.54. The van der Waals surface area contributed by atoms with E-state index in [9.17, 15) is 19.2 Å². The first-order valence-electron chi connectivity index (χ1n) is 8.41. The Hall–Kier alpha value is -3.27. The van der Waals surface area contributed by atoms with Gasteiger partial charge in [-0.2, -0.15) is 0 Å². The van der Waals surface area contributed by atoms with Gasteiger partial charge in [-0.1, -0.05) is 0 Å². The fourth-order valence-corrected chi connectivity index (χ4v) is 3.27. The van der Waals surface area contributed by atoms with Crippen LogP contribution in [0, 0.1) is 0 Å². The number of esters is 1. The molecule has 0 unspecified atom stereocenters. The van der Waals surface area contributed by atoms with Gasteiger partial charge in [0.2, 0.25) is 5.91 Å². The summed E-state index contributed by atoms with van der Waals surface area (Å²) < 4.78 is 11.1. The van der Waals surface area contributed by atoms with Gasteiger partial charge < -0.3 is 14.5 Å². The maximum absolute atomic E-state index is 12.3. The number of oxazole rings is 1. The third-order valence-corrected chi connectivity index (χ3v) is 4.61. The summed E-state index contributed by atoms with van der Waals surface area (Å²) in [7, 11) is 0. The third-order valence-electron chi connectivity index (χ3n) is 3.81. The SMILES string of the molecule is CCOC(=O)Cc1csc(NC(=O)Cn2c(=O)oc3cc(C(C)=O)ccc32)n1. The number of anilines is 1. The van der Waals surface area contributed by atoms with Crippen molar-refractivity contribution < 1.29 is 23.5 Å². The summed E-state index contributed by atoms with van der Waals surface area (Å²) in [6, 6.07) is 4.59. The van der Waals surface area contributed by atoms with Gasteiger partial charge >= 0.3 is 11.7 Å². The van der Waals surface area contributed by atoms with Gasteiger partial charge in [-0.3, -0.25) is 19.0 Å². The number of carbonyl (C=O) groups excluding carboxylic acids is 3. The normalized spacial score (nSPS) is 10.8. The molecular weight excluding hydrogens is 386 g/mol. The number of ketones is 1. The molecule has 1 aromatic carbocycles. The Kier molecular flexibility index (Phi) is 5.69. The summed E-state index contributed by atoms with van der Waals surface area (Å²) in [6.07, 6.45) is 0.0184. The van der Waals surface area contributed by atoms with Gasteiger partial charge in [0.25, 0.3) is 0 Å². The second kappa shape index (κ2) is 8.17. The summed E-state index contributed by atoms with van der Waals surface area (Å²) in [4.78, 5) is 51.4. The Bertz CT molecular complexity index is 1110. The lowest BCUT2D eigenvalue weighted by Crippen LogP contribution is -2.24. The number of aromatic nitrogens is 2. The molecule has 0 radical (unpaired) electrons. The van der Waals surface area contributed by atoms with Crippen molar-refractivity contribution >= 4 is 45.2 Å². The van der Waals surface area contributed by atoms with E-state index in [0.717, 1.165) is 11.3 Å². The van der Waals surface area contributed by atoms with E-state index in [4.69, 9.17) is 9.15 Å². The summed E-state index contributed by atoms with van der Waals surface area (Å²) in [6.45, 7) is 3.13. The number of nitrogens with one attached hydrogen (secondary N) is 1. The number of hydrogen-bond acceptors (Lipinski definition) is 8. The molecule has 10 heteroatoms. The summed E-state index contributed by atoms with van der Waals surface area (Å²) in [5, 5.41) is 4.55. The van der Waals surface area contributed by atoms with Crippen LogP contribution >= 0.6 is 11.3 Å². The summed E-state index contributed by atoms with van der Waals surface area (Å²) >= 11 is 1.16. The van der Waals surface area contributed by atoms with Crippen molar-refractivity contribution in [1.82, 2.24) is 9.55 Å². The van der Waals surface area contributed by atoms with Crippen molar-refractivity contribution in [2.24, 2.45) is 0 Å². The molecule has 9 nitrogen and oxygen atoms in total. The molecule has 1 N–H and O–H groups in total. The fraction of sp³-hybridized carbons (Fsp3) is 0.278. The molecule has 146 valence electrons. The zero-order valence-electron chi connectivity index (χ0n) is 15.2. The molecule has 2 heterocycles. The van der Waals surface area contributed by atoms with Crippen molar-refractivity contribution in [3.8, 4) is 0 Å². The van der Waals surface area contributed by atoms with Gasteiger partial charge in [-0.15, -0.1) is 11.3 Å². The predicted octanol–water partition coefficient (Wildman–Crippen LogP) is 2.00. The van der Waals surface area contributed by atoms with Gasteiger partial charge in [0, 0.05) is 10.9 Å². The molecule has 0 spiro atoms. The number of benzene rings is 1. The van der Waals surface area contributed by atoms with Gasteiger partial charge in [0.1, 0.15) is 6.54 Å². The van der Waals surface area contributed by atoms with Crippen LogP contribution < -0.4 is 11.1 Å². The van der Waals surface area contributed by atoms with Crippen molar-refractivity contribution in [1.29, 1.82) is 0 Å². The molecule has 3 aromatic rings. The average Bonchev–Trinajstić information content (AvgIpc) is 3.18. The standard InChI is InChI=1S/C18H17N3O6S/c1-3-26-16(24)7-12-9-28-17(19-12)20-15(23)8-21-13-5-4-11(10(2)22)6-14(13)27-18(21)25/h4-6,9H,3,7-8H2,1-2H3,(H,19,20,23). The van der Waals surface area contributed by atoms with E-state index in [2.05, 4.69) is 10.3 Å². The monoisotopic (exact) mass is 403 g/mol. The lowest BCUT2D eigenvalue weighted by molar-refractivity contribution is -0.142. The molecule has 0 aliphatic carbocycles. The summed E-state index contributed by atoms with van der Waals surface area (Å²) in [5.74, 6) is -1.73. The zero-order valence-corrected chi connectivity index (χ0v) is 16.0. The summed E-state index contributed by atoms with van der Waals surface area (Å²) in [5.41, 5.74) is 1.54. The Morgan fingerprint density at radius 2 is 2.11 bits per heavy atom. The minimum absolute atomic E-state index is 0.0184. The molecule has 1 amide bonds. The highest BCUT2D eigenvalue weighted by molar-refractivity contribution is 7.13. The van der Waals surface area contributed by atoms with Crippen molar-refractivity contribution in [3.05, 3.63) is 45.4 Å². The van der Waals surface area contributed by atoms with Crippen LogP contribution in [0.5, 0.6) is 0 Å². The lowest BCUT2D eigenvalue weighted by atomic mass is 10.1. The highest BCUT2D eigenvalue weighted by Gasteiger charge is 2.16. The molecule has 2 aromatic heterocycles. The van der Waals surface area contributed by atoms with Crippen LogP contribution in [0.15, 0.2) is 32.8 Å². The predicted molar refractivity (Wildman–Crippen MR) is 102 cm³/mol. The first-order valence-corrected chi connectivity index (χ1v) is 9.29. The van der Waals surface area contributed by atoms with E-state index in [1.807, 2.05) is 0 Å². The topological polar surface area (TPSA) is 121 Å². The van der Waals surface area contributed by atoms with Gasteiger partial charge in [-0.25, -0.2) is 9.78 Å². The Morgan fingerprint density at radius 3 is 2.82 bits per heavy atom. The van der Waals surface area contributed by atoms with E-state index in [-0.39, 0.29) is 30.9 Å². The number of nitrogens with zero attached hydrogens (tertiary/aromatic N) is 2. The Labute approximate surface area is 162 Å². The quantitative estimate of drug-likeness (QED) is 0.473. The molecule has 0 saturated carbocycles. The third kappa shape index (κ3) is 4.34. The number of ether oxygens (including phenoxy) is 1. The van der Waals surface area contributed by atoms with Crippen LogP contribution in [0.2, 0.25) is 0 Å².